The van der Waals surface area contributed by atoms with Gasteiger partial charge in [-0.15, -0.1) is 0 Å². The number of hydrogen-bond donors (Lipinski definition) is 1. The molecule has 1 heterocycles. The average Bonchev–Trinajstić information content (AvgIpc) is 2.81. The second-order valence-electron chi connectivity index (χ2n) is 4.29. The molecule has 0 aliphatic heterocycles. The molecule has 5 nitrogen and oxygen atoms in total. The van der Waals surface area contributed by atoms with Gasteiger partial charge >= 0.3 is 0 Å². The van der Waals surface area contributed by atoms with E-state index in [2.05, 4.69) is 10.1 Å². The van der Waals surface area contributed by atoms with Gasteiger partial charge in [-0.1, -0.05) is 17.3 Å². The molecule has 0 fully saturated rings. The molecule has 2 aromatic rings. The Morgan fingerprint density at radius 2 is 2.26 bits per heavy atom. The number of halogens is 1. The summed E-state index contributed by atoms with van der Waals surface area (Å²) in [5.74, 6) is 0.280. The molecular formula is C13H15FN2O3. The standard InChI is InChI=1S/C13H15FN2O3/c1-8-3-4-9(5-11(8)14)13-15-12(19-16-13)6-10(17)7-18-2/h3-5,10,17H,6-7H2,1-2H3. The molecule has 0 amide bonds. The van der Waals surface area contributed by atoms with Gasteiger partial charge in [-0.25, -0.2) is 4.39 Å². The molecule has 1 aromatic carbocycles. The minimum Gasteiger partial charge on any atom is -0.390 e. The monoisotopic (exact) mass is 266 g/mol. The lowest BCUT2D eigenvalue weighted by atomic mass is 10.1. The predicted octanol–water partition coefficient (Wildman–Crippen LogP) is 1.73. The highest BCUT2D eigenvalue weighted by atomic mass is 19.1. The highest BCUT2D eigenvalue weighted by Gasteiger charge is 2.13. The quantitative estimate of drug-likeness (QED) is 0.892. The van der Waals surface area contributed by atoms with E-state index in [1.165, 1.54) is 13.2 Å². The van der Waals surface area contributed by atoms with E-state index in [4.69, 9.17) is 9.26 Å². The molecule has 2 rings (SSSR count). The van der Waals surface area contributed by atoms with Gasteiger partial charge in [0, 0.05) is 12.7 Å². The van der Waals surface area contributed by atoms with E-state index in [0.717, 1.165) is 0 Å². The van der Waals surface area contributed by atoms with Crippen LogP contribution in [-0.4, -0.2) is 35.1 Å². The molecule has 6 heteroatoms. The number of methoxy groups -OCH3 is 1. The molecule has 0 bridgehead atoms. The van der Waals surface area contributed by atoms with Crippen LogP contribution in [0.5, 0.6) is 0 Å². The summed E-state index contributed by atoms with van der Waals surface area (Å²) in [6, 6.07) is 4.73. The maximum atomic E-state index is 13.4. The molecule has 0 radical (unpaired) electrons. The van der Waals surface area contributed by atoms with Crippen LogP contribution in [0.1, 0.15) is 11.5 Å². The van der Waals surface area contributed by atoms with Gasteiger partial charge in [0.05, 0.1) is 19.1 Å². The number of aromatic nitrogens is 2. The highest BCUT2D eigenvalue weighted by Crippen LogP contribution is 2.19. The van der Waals surface area contributed by atoms with Crippen LogP contribution in [0.4, 0.5) is 4.39 Å². The summed E-state index contributed by atoms with van der Waals surface area (Å²) in [5.41, 5.74) is 1.10. The Morgan fingerprint density at radius 1 is 1.47 bits per heavy atom. The summed E-state index contributed by atoms with van der Waals surface area (Å²) in [6.07, 6.45) is -0.497. The fourth-order valence-corrected chi connectivity index (χ4v) is 1.64. The first-order chi connectivity index (χ1) is 9.10. The van der Waals surface area contributed by atoms with Crippen molar-refractivity contribution >= 4 is 0 Å². The van der Waals surface area contributed by atoms with E-state index < -0.39 is 6.10 Å². The van der Waals surface area contributed by atoms with Crippen LogP contribution in [0.3, 0.4) is 0 Å². The van der Waals surface area contributed by atoms with Gasteiger partial charge in [0.25, 0.3) is 0 Å². The van der Waals surface area contributed by atoms with Crippen LogP contribution in [0.2, 0.25) is 0 Å². The third kappa shape index (κ3) is 3.36. The molecule has 102 valence electrons. The molecule has 0 saturated heterocycles. The lowest BCUT2D eigenvalue weighted by molar-refractivity contribution is 0.0599. The van der Waals surface area contributed by atoms with Crippen LogP contribution >= 0.6 is 0 Å². The maximum absolute atomic E-state index is 13.4. The zero-order valence-corrected chi connectivity index (χ0v) is 10.8. The van der Waals surface area contributed by atoms with E-state index in [9.17, 15) is 9.50 Å². The molecule has 0 spiro atoms. The van der Waals surface area contributed by atoms with Crippen molar-refractivity contribution in [3.05, 3.63) is 35.5 Å². The van der Waals surface area contributed by atoms with E-state index in [1.807, 2.05) is 0 Å². The maximum Gasteiger partial charge on any atom is 0.229 e. The number of aliphatic hydroxyl groups is 1. The highest BCUT2D eigenvalue weighted by molar-refractivity contribution is 5.54. The number of aliphatic hydroxyl groups excluding tert-OH is 1. The second-order valence-corrected chi connectivity index (χ2v) is 4.29. The SMILES string of the molecule is COCC(O)Cc1nc(-c2ccc(C)c(F)c2)no1. The Morgan fingerprint density at radius 3 is 2.95 bits per heavy atom. The smallest absolute Gasteiger partial charge is 0.229 e. The van der Waals surface area contributed by atoms with Gasteiger partial charge in [-0.3, -0.25) is 0 Å². The van der Waals surface area contributed by atoms with Crippen molar-refractivity contribution in [2.45, 2.75) is 19.4 Å². The largest absolute Gasteiger partial charge is 0.390 e. The van der Waals surface area contributed by atoms with Crippen LogP contribution in [0.15, 0.2) is 22.7 Å². The van der Waals surface area contributed by atoms with Gasteiger partial charge in [0.1, 0.15) is 5.82 Å². The normalized spacial score (nSPS) is 12.6. The van der Waals surface area contributed by atoms with Crippen molar-refractivity contribution < 1.29 is 18.8 Å². The number of benzene rings is 1. The van der Waals surface area contributed by atoms with Crippen molar-refractivity contribution in [1.82, 2.24) is 10.1 Å². The summed E-state index contributed by atoms with van der Waals surface area (Å²) in [7, 11) is 1.50. The van der Waals surface area contributed by atoms with E-state index in [0.29, 0.717) is 22.8 Å². The van der Waals surface area contributed by atoms with Crippen molar-refractivity contribution in [1.29, 1.82) is 0 Å². The van der Waals surface area contributed by atoms with E-state index >= 15 is 0 Å². The summed E-state index contributed by atoms with van der Waals surface area (Å²) in [4.78, 5) is 4.11. The lowest BCUT2D eigenvalue weighted by Gasteiger charge is -2.04. The summed E-state index contributed by atoms with van der Waals surface area (Å²) >= 11 is 0. The third-order valence-corrected chi connectivity index (χ3v) is 2.67. The number of rotatable bonds is 5. The Labute approximate surface area is 110 Å². The van der Waals surface area contributed by atoms with Crippen LogP contribution in [0, 0.1) is 12.7 Å². The predicted molar refractivity (Wildman–Crippen MR) is 66.0 cm³/mol. The van der Waals surface area contributed by atoms with Gasteiger partial charge in [-0.05, 0) is 18.6 Å². The molecule has 1 N–H and O–H groups in total. The van der Waals surface area contributed by atoms with Crippen LogP contribution < -0.4 is 0 Å². The number of nitrogens with zero attached hydrogens (tertiary/aromatic N) is 2. The molecule has 1 aromatic heterocycles. The zero-order valence-electron chi connectivity index (χ0n) is 10.8. The van der Waals surface area contributed by atoms with Gasteiger partial charge in [-0.2, -0.15) is 4.98 Å². The average molecular weight is 266 g/mol. The fourth-order valence-electron chi connectivity index (χ4n) is 1.64. The first-order valence-corrected chi connectivity index (χ1v) is 5.86. The van der Waals surface area contributed by atoms with Gasteiger partial charge in [0.15, 0.2) is 0 Å². The third-order valence-electron chi connectivity index (χ3n) is 2.67. The topological polar surface area (TPSA) is 68.4 Å². The molecule has 1 atom stereocenters. The minimum atomic E-state index is -0.701. The molecular weight excluding hydrogens is 251 g/mol. The van der Waals surface area contributed by atoms with Crippen molar-refractivity contribution in [3.8, 4) is 11.4 Å². The Hall–Kier alpha value is -1.79. The Balaban J connectivity index is 2.14. The number of ether oxygens (including phenoxy) is 1. The molecule has 0 aliphatic carbocycles. The van der Waals surface area contributed by atoms with Crippen molar-refractivity contribution in [2.75, 3.05) is 13.7 Å². The van der Waals surface area contributed by atoms with Gasteiger partial charge in [0.2, 0.25) is 11.7 Å². The van der Waals surface area contributed by atoms with Crippen molar-refractivity contribution in [2.24, 2.45) is 0 Å². The van der Waals surface area contributed by atoms with Gasteiger partial charge < -0.3 is 14.4 Å². The van der Waals surface area contributed by atoms with Crippen LogP contribution in [0.25, 0.3) is 11.4 Å². The number of aryl methyl sites for hydroxylation is 1. The molecule has 1 unspecified atom stereocenters. The lowest BCUT2D eigenvalue weighted by Crippen LogP contribution is -2.17. The molecule has 0 aliphatic rings. The summed E-state index contributed by atoms with van der Waals surface area (Å²) < 4.78 is 23.3. The van der Waals surface area contributed by atoms with Crippen molar-refractivity contribution in [3.63, 3.8) is 0 Å². The number of hydrogen-bond acceptors (Lipinski definition) is 5. The summed E-state index contributed by atoms with van der Waals surface area (Å²) in [5, 5.41) is 13.3. The Bertz CT molecular complexity index is 557. The minimum absolute atomic E-state index is 0.191. The zero-order chi connectivity index (χ0) is 13.8. The Kier molecular flexibility index (Phi) is 4.24. The summed E-state index contributed by atoms with van der Waals surface area (Å²) in [6.45, 7) is 1.87. The van der Waals surface area contributed by atoms with E-state index in [-0.39, 0.29) is 18.8 Å². The molecule has 19 heavy (non-hydrogen) atoms. The second kappa shape index (κ2) is 5.90. The molecule has 0 saturated carbocycles. The fraction of sp³-hybridized carbons (Fsp3) is 0.385. The van der Waals surface area contributed by atoms with E-state index in [1.54, 1.807) is 19.1 Å². The van der Waals surface area contributed by atoms with Crippen LogP contribution in [-0.2, 0) is 11.2 Å². The first kappa shape index (κ1) is 13.6. The first-order valence-electron chi connectivity index (χ1n) is 5.86.